The largest absolute Gasteiger partial charge is 0.340 e. The highest BCUT2D eigenvalue weighted by Crippen LogP contribution is 2.37. The van der Waals surface area contributed by atoms with Crippen molar-refractivity contribution >= 4 is 29.1 Å². The maximum absolute atomic E-state index is 13.3. The molecule has 1 aliphatic carbocycles. The Morgan fingerprint density at radius 2 is 2.00 bits per heavy atom. The number of nitrogens with zero attached hydrogens (tertiary/aromatic N) is 1. The summed E-state index contributed by atoms with van der Waals surface area (Å²) in [4.78, 5) is 26.5. The van der Waals surface area contributed by atoms with Crippen LogP contribution >= 0.6 is 11.6 Å². The molecule has 6 heteroatoms. The Bertz CT molecular complexity index is 614. The third-order valence-electron chi connectivity index (χ3n) is 4.40. The van der Waals surface area contributed by atoms with E-state index in [0.717, 1.165) is 12.8 Å². The van der Waals surface area contributed by atoms with E-state index in [2.05, 4.69) is 5.32 Å². The number of piperazine rings is 1. The molecule has 1 aromatic rings. The van der Waals surface area contributed by atoms with Gasteiger partial charge in [-0.05, 0) is 38.0 Å². The zero-order valence-electron chi connectivity index (χ0n) is 11.7. The van der Waals surface area contributed by atoms with Crippen molar-refractivity contribution in [1.29, 1.82) is 0 Å². The van der Waals surface area contributed by atoms with Gasteiger partial charge in [-0.15, -0.1) is 0 Å². The van der Waals surface area contributed by atoms with Crippen molar-refractivity contribution in [3.05, 3.63) is 29.0 Å². The van der Waals surface area contributed by atoms with Gasteiger partial charge in [0.2, 0.25) is 5.91 Å². The molecule has 3 rings (SSSR count). The number of rotatable bonds is 1. The third-order valence-corrected chi connectivity index (χ3v) is 4.69. The number of carbonyl (C=O) groups excluding carboxylic acids is 2. The van der Waals surface area contributed by atoms with E-state index in [4.69, 9.17) is 11.6 Å². The number of hydrogen-bond acceptors (Lipinski definition) is 2. The fourth-order valence-electron chi connectivity index (χ4n) is 3.21. The van der Waals surface area contributed by atoms with Crippen molar-refractivity contribution in [2.24, 2.45) is 0 Å². The summed E-state index contributed by atoms with van der Waals surface area (Å²) in [6.45, 7) is 1.66. The van der Waals surface area contributed by atoms with Crippen molar-refractivity contribution in [3.63, 3.8) is 0 Å². The summed E-state index contributed by atoms with van der Waals surface area (Å²) < 4.78 is 13.3. The maximum atomic E-state index is 13.3. The second kappa shape index (κ2) is 4.98. The molecule has 1 aliphatic heterocycles. The fraction of sp³-hybridized carbons (Fsp3) is 0.467. The zero-order chi connectivity index (χ0) is 15.2. The number of benzene rings is 1. The van der Waals surface area contributed by atoms with E-state index in [1.807, 2.05) is 0 Å². The predicted molar refractivity (Wildman–Crippen MR) is 77.7 cm³/mol. The Hall–Kier alpha value is -1.62. The summed E-state index contributed by atoms with van der Waals surface area (Å²) in [7, 11) is 0. The lowest BCUT2D eigenvalue weighted by Crippen LogP contribution is -2.69. The van der Waals surface area contributed by atoms with E-state index in [0.29, 0.717) is 18.5 Å². The van der Waals surface area contributed by atoms with Gasteiger partial charge in [-0.25, -0.2) is 4.39 Å². The molecule has 4 nitrogen and oxygen atoms in total. The standard InChI is InChI=1S/C15H16ClFN2O2/c1-9-13(20)18-15(6-2-3-7-15)14(21)19(9)10-4-5-12(17)11(16)8-10/h4-5,8-9H,2-3,6-7H2,1H3,(H,18,20). The second-order valence-corrected chi connectivity index (χ2v) is 6.14. The highest BCUT2D eigenvalue weighted by molar-refractivity contribution is 6.31. The monoisotopic (exact) mass is 310 g/mol. The number of carbonyl (C=O) groups is 2. The quantitative estimate of drug-likeness (QED) is 0.867. The Kier molecular flexibility index (Phi) is 3.40. The summed E-state index contributed by atoms with van der Waals surface area (Å²) in [5, 5.41) is 2.82. The molecule has 2 amide bonds. The van der Waals surface area contributed by atoms with E-state index < -0.39 is 17.4 Å². The summed E-state index contributed by atoms with van der Waals surface area (Å²) in [6, 6.07) is 3.46. The summed E-state index contributed by atoms with van der Waals surface area (Å²) in [6.07, 6.45) is 3.13. The van der Waals surface area contributed by atoms with Crippen molar-refractivity contribution in [3.8, 4) is 0 Å². The third kappa shape index (κ3) is 2.20. The zero-order valence-corrected chi connectivity index (χ0v) is 12.4. The minimum Gasteiger partial charge on any atom is -0.340 e. The highest BCUT2D eigenvalue weighted by atomic mass is 35.5. The molecule has 1 spiro atoms. The van der Waals surface area contributed by atoms with E-state index in [9.17, 15) is 14.0 Å². The van der Waals surface area contributed by atoms with E-state index in [1.165, 1.54) is 23.1 Å². The predicted octanol–water partition coefficient (Wildman–Crippen LogP) is 2.64. The molecule has 2 fully saturated rings. The maximum Gasteiger partial charge on any atom is 0.253 e. The van der Waals surface area contributed by atoms with Crippen LogP contribution < -0.4 is 10.2 Å². The molecule has 21 heavy (non-hydrogen) atoms. The molecule has 1 saturated heterocycles. The number of hydrogen-bond donors (Lipinski definition) is 1. The van der Waals surface area contributed by atoms with Crippen LogP contribution in [0.4, 0.5) is 10.1 Å². The highest BCUT2D eigenvalue weighted by Gasteiger charge is 2.51. The van der Waals surface area contributed by atoms with Gasteiger partial charge in [-0.1, -0.05) is 24.4 Å². The van der Waals surface area contributed by atoms with Crippen LogP contribution in [0.2, 0.25) is 5.02 Å². The Morgan fingerprint density at radius 1 is 1.33 bits per heavy atom. The molecular weight excluding hydrogens is 295 g/mol. The van der Waals surface area contributed by atoms with Crippen LogP contribution in [-0.2, 0) is 9.59 Å². The van der Waals surface area contributed by atoms with Crippen molar-refractivity contribution in [2.75, 3.05) is 4.90 Å². The van der Waals surface area contributed by atoms with Gasteiger partial charge in [0, 0.05) is 5.69 Å². The molecule has 1 atom stereocenters. The Morgan fingerprint density at radius 3 is 2.62 bits per heavy atom. The molecule has 2 aliphatic rings. The smallest absolute Gasteiger partial charge is 0.253 e. The van der Waals surface area contributed by atoms with Gasteiger partial charge in [0.05, 0.1) is 5.02 Å². The topological polar surface area (TPSA) is 49.4 Å². The summed E-state index contributed by atoms with van der Waals surface area (Å²) >= 11 is 5.80. The van der Waals surface area contributed by atoms with E-state index in [-0.39, 0.29) is 16.8 Å². The first kappa shape index (κ1) is 14.3. The number of anilines is 1. The normalized spacial score (nSPS) is 24.5. The lowest BCUT2D eigenvalue weighted by Gasteiger charge is -2.43. The van der Waals surface area contributed by atoms with Gasteiger partial charge in [-0.2, -0.15) is 0 Å². The van der Waals surface area contributed by atoms with Crippen LogP contribution in [0.15, 0.2) is 18.2 Å². The van der Waals surface area contributed by atoms with Gasteiger partial charge in [-0.3, -0.25) is 14.5 Å². The first-order valence-corrected chi connectivity index (χ1v) is 7.43. The SMILES string of the molecule is CC1C(=O)NC2(CCCC2)C(=O)N1c1ccc(F)c(Cl)c1. The van der Waals surface area contributed by atoms with Gasteiger partial charge in [0.1, 0.15) is 17.4 Å². The molecular formula is C15H16ClFN2O2. The van der Waals surface area contributed by atoms with E-state index in [1.54, 1.807) is 6.92 Å². The Labute approximate surface area is 127 Å². The van der Waals surface area contributed by atoms with Gasteiger partial charge < -0.3 is 5.32 Å². The number of nitrogens with one attached hydrogen (secondary N) is 1. The van der Waals surface area contributed by atoms with Gasteiger partial charge >= 0.3 is 0 Å². The van der Waals surface area contributed by atoms with E-state index >= 15 is 0 Å². The second-order valence-electron chi connectivity index (χ2n) is 5.73. The van der Waals surface area contributed by atoms with Crippen LogP contribution in [0.5, 0.6) is 0 Å². The Balaban J connectivity index is 2.03. The fourth-order valence-corrected chi connectivity index (χ4v) is 3.39. The molecule has 1 unspecified atom stereocenters. The van der Waals surface area contributed by atoms with Crippen LogP contribution in [0.1, 0.15) is 32.6 Å². The van der Waals surface area contributed by atoms with Crippen LogP contribution in [0.25, 0.3) is 0 Å². The number of amides is 2. The summed E-state index contributed by atoms with van der Waals surface area (Å²) in [5.74, 6) is -0.857. The molecule has 1 heterocycles. The first-order chi connectivity index (χ1) is 9.94. The van der Waals surface area contributed by atoms with Crippen molar-refractivity contribution in [1.82, 2.24) is 5.32 Å². The average molecular weight is 311 g/mol. The average Bonchev–Trinajstić information content (AvgIpc) is 2.90. The van der Waals surface area contributed by atoms with Gasteiger partial charge in [0.15, 0.2) is 0 Å². The summed E-state index contributed by atoms with van der Waals surface area (Å²) in [5.41, 5.74) is -0.343. The van der Waals surface area contributed by atoms with Crippen molar-refractivity contribution < 1.29 is 14.0 Å². The molecule has 0 aromatic heterocycles. The van der Waals surface area contributed by atoms with Crippen LogP contribution in [0, 0.1) is 5.82 Å². The molecule has 1 N–H and O–H groups in total. The molecule has 1 aromatic carbocycles. The lowest BCUT2D eigenvalue weighted by molar-refractivity contribution is -0.137. The first-order valence-electron chi connectivity index (χ1n) is 7.05. The molecule has 0 radical (unpaired) electrons. The molecule has 112 valence electrons. The molecule has 0 bridgehead atoms. The van der Waals surface area contributed by atoms with Gasteiger partial charge in [0.25, 0.3) is 5.91 Å². The minimum atomic E-state index is -0.801. The van der Waals surface area contributed by atoms with Crippen LogP contribution in [-0.4, -0.2) is 23.4 Å². The van der Waals surface area contributed by atoms with Crippen molar-refractivity contribution in [2.45, 2.75) is 44.2 Å². The minimum absolute atomic E-state index is 0.0565. The molecule has 1 saturated carbocycles. The lowest BCUT2D eigenvalue weighted by atomic mass is 9.90. The number of halogens is 2. The van der Waals surface area contributed by atoms with Crippen LogP contribution in [0.3, 0.4) is 0 Å².